The smallest absolute Gasteiger partial charge is 0.308 e. The number of hydrogen-bond donors (Lipinski definition) is 1. The molecule has 0 saturated carbocycles. The minimum absolute atomic E-state index is 0.0316. The normalized spacial score (nSPS) is 18.6. The Balaban J connectivity index is 4.01. The second kappa shape index (κ2) is 4.34. The molecule has 0 aromatic heterocycles. The van der Waals surface area contributed by atoms with Crippen LogP contribution in [0.25, 0.3) is 0 Å². The molecule has 0 spiro atoms. The van der Waals surface area contributed by atoms with Crippen molar-refractivity contribution in [2.24, 2.45) is 17.6 Å². The predicted molar refractivity (Wildman–Crippen MR) is 44.0 cm³/mol. The van der Waals surface area contributed by atoms with Gasteiger partial charge in [0.15, 0.2) is 0 Å². The first kappa shape index (κ1) is 10.4. The fraction of sp³-hybridized carbons (Fsp3) is 0.875. The van der Waals surface area contributed by atoms with Gasteiger partial charge < -0.3 is 10.5 Å². The van der Waals surface area contributed by atoms with E-state index < -0.39 is 0 Å². The Morgan fingerprint density at radius 3 is 2.09 bits per heavy atom. The summed E-state index contributed by atoms with van der Waals surface area (Å²) >= 11 is 0. The molecular weight excluding hydrogens is 142 g/mol. The van der Waals surface area contributed by atoms with Crippen molar-refractivity contribution in [2.75, 3.05) is 7.11 Å². The highest BCUT2D eigenvalue weighted by Gasteiger charge is 2.23. The van der Waals surface area contributed by atoms with E-state index in [0.29, 0.717) is 0 Å². The molecule has 0 aromatic carbocycles. The van der Waals surface area contributed by atoms with E-state index in [2.05, 4.69) is 4.74 Å². The van der Waals surface area contributed by atoms with Crippen molar-refractivity contribution >= 4 is 5.97 Å². The van der Waals surface area contributed by atoms with Gasteiger partial charge in [-0.3, -0.25) is 4.79 Å². The zero-order chi connectivity index (χ0) is 9.02. The van der Waals surface area contributed by atoms with E-state index in [1.165, 1.54) is 7.11 Å². The maximum atomic E-state index is 11.0. The fourth-order valence-corrected chi connectivity index (χ4v) is 0.856. The minimum atomic E-state index is -0.185. The third-order valence-corrected chi connectivity index (χ3v) is 2.19. The summed E-state index contributed by atoms with van der Waals surface area (Å²) in [6, 6.07) is 0.0316. The summed E-state index contributed by atoms with van der Waals surface area (Å²) in [4.78, 5) is 11.0. The Bertz CT molecular complexity index is 134. The van der Waals surface area contributed by atoms with Crippen LogP contribution in [0.4, 0.5) is 0 Å². The van der Waals surface area contributed by atoms with Gasteiger partial charge in [0.2, 0.25) is 0 Å². The predicted octanol–water partition coefficient (Wildman–Crippen LogP) is 0.779. The zero-order valence-corrected chi connectivity index (χ0v) is 7.63. The van der Waals surface area contributed by atoms with Crippen LogP contribution in [0.3, 0.4) is 0 Å². The van der Waals surface area contributed by atoms with Crippen LogP contribution < -0.4 is 5.73 Å². The first-order valence-corrected chi connectivity index (χ1v) is 3.84. The van der Waals surface area contributed by atoms with E-state index in [1.807, 2.05) is 20.8 Å². The van der Waals surface area contributed by atoms with E-state index in [-0.39, 0.29) is 23.8 Å². The Morgan fingerprint density at radius 2 is 1.82 bits per heavy atom. The van der Waals surface area contributed by atoms with E-state index in [1.54, 1.807) is 0 Å². The van der Waals surface area contributed by atoms with Gasteiger partial charge in [-0.1, -0.05) is 13.8 Å². The molecule has 3 heteroatoms. The van der Waals surface area contributed by atoms with E-state index in [4.69, 9.17) is 5.73 Å². The lowest BCUT2D eigenvalue weighted by atomic mass is 9.90. The van der Waals surface area contributed by atoms with Crippen LogP contribution in [0.15, 0.2) is 0 Å². The largest absolute Gasteiger partial charge is 0.469 e. The highest BCUT2D eigenvalue weighted by molar-refractivity contribution is 5.72. The third kappa shape index (κ3) is 2.89. The van der Waals surface area contributed by atoms with Crippen molar-refractivity contribution in [1.29, 1.82) is 0 Å². The number of methoxy groups -OCH3 is 1. The summed E-state index contributed by atoms with van der Waals surface area (Å²) in [6.07, 6.45) is 0. The number of rotatable bonds is 3. The molecule has 0 fully saturated rings. The molecule has 0 rings (SSSR count). The van der Waals surface area contributed by atoms with Gasteiger partial charge in [-0.05, 0) is 12.8 Å². The number of carbonyl (C=O) groups excluding carboxylic acids is 1. The summed E-state index contributed by atoms with van der Waals surface area (Å²) < 4.78 is 4.59. The van der Waals surface area contributed by atoms with Crippen LogP contribution in [0.1, 0.15) is 20.8 Å². The van der Waals surface area contributed by atoms with Gasteiger partial charge in [-0.15, -0.1) is 0 Å². The summed E-state index contributed by atoms with van der Waals surface area (Å²) in [7, 11) is 1.40. The summed E-state index contributed by atoms with van der Waals surface area (Å²) in [6.45, 7) is 5.68. The van der Waals surface area contributed by atoms with Crippen LogP contribution in [0, 0.1) is 11.8 Å². The summed E-state index contributed by atoms with van der Waals surface area (Å²) in [5, 5.41) is 0. The first-order chi connectivity index (χ1) is 5.00. The van der Waals surface area contributed by atoms with Crippen molar-refractivity contribution in [2.45, 2.75) is 26.8 Å². The number of nitrogens with two attached hydrogens (primary N) is 1. The zero-order valence-electron chi connectivity index (χ0n) is 7.63. The Labute approximate surface area is 67.9 Å². The van der Waals surface area contributed by atoms with Gasteiger partial charge in [-0.25, -0.2) is 0 Å². The molecule has 0 aromatic rings. The average Bonchev–Trinajstić information content (AvgIpc) is 2.00. The molecule has 0 aliphatic carbocycles. The Hall–Kier alpha value is -0.570. The molecule has 66 valence electrons. The SMILES string of the molecule is COC(=O)C(C)C(C)C(C)N. The van der Waals surface area contributed by atoms with Gasteiger partial charge in [0, 0.05) is 6.04 Å². The minimum Gasteiger partial charge on any atom is -0.469 e. The lowest BCUT2D eigenvalue weighted by Crippen LogP contribution is -2.33. The van der Waals surface area contributed by atoms with Crippen LogP contribution in [0.2, 0.25) is 0 Å². The number of hydrogen-bond acceptors (Lipinski definition) is 3. The van der Waals surface area contributed by atoms with Crippen molar-refractivity contribution in [3.8, 4) is 0 Å². The van der Waals surface area contributed by atoms with Crippen LogP contribution in [-0.2, 0) is 9.53 Å². The van der Waals surface area contributed by atoms with Crippen LogP contribution >= 0.6 is 0 Å². The molecule has 3 nitrogen and oxygen atoms in total. The highest BCUT2D eigenvalue weighted by Crippen LogP contribution is 2.14. The van der Waals surface area contributed by atoms with Crippen molar-refractivity contribution in [1.82, 2.24) is 0 Å². The fourth-order valence-electron chi connectivity index (χ4n) is 0.856. The second-order valence-corrected chi connectivity index (χ2v) is 3.03. The highest BCUT2D eigenvalue weighted by atomic mass is 16.5. The molecule has 3 atom stereocenters. The standard InChI is InChI=1S/C8H17NO2/c1-5(7(3)9)6(2)8(10)11-4/h5-7H,9H2,1-4H3. The van der Waals surface area contributed by atoms with E-state index in [9.17, 15) is 4.79 Å². The lowest BCUT2D eigenvalue weighted by Gasteiger charge is -2.20. The molecule has 11 heavy (non-hydrogen) atoms. The van der Waals surface area contributed by atoms with Crippen molar-refractivity contribution in [3.05, 3.63) is 0 Å². The van der Waals surface area contributed by atoms with Crippen LogP contribution in [-0.4, -0.2) is 19.1 Å². The summed E-state index contributed by atoms with van der Waals surface area (Å²) in [5.41, 5.74) is 5.62. The van der Waals surface area contributed by atoms with Crippen molar-refractivity contribution in [3.63, 3.8) is 0 Å². The number of esters is 1. The van der Waals surface area contributed by atoms with E-state index >= 15 is 0 Å². The summed E-state index contributed by atoms with van der Waals surface area (Å²) in [5.74, 6) is -0.128. The topological polar surface area (TPSA) is 52.3 Å². The maximum absolute atomic E-state index is 11.0. The molecule has 0 saturated heterocycles. The lowest BCUT2D eigenvalue weighted by molar-refractivity contribution is -0.146. The van der Waals surface area contributed by atoms with E-state index in [0.717, 1.165) is 0 Å². The van der Waals surface area contributed by atoms with Crippen molar-refractivity contribution < 1.29 is 9.53 Å². The van der Waals surface area contributed by atoms with Gasteiger partial charge in [0.25, 0.3) is 0 Å². The van der Waals surface area contributed by atoms with Gasteiger partial charge >= 0.3 is 5.97 Å². The maximum Gasteiger partial charge on any atom is 0.308 e. The molecule has 2 N–H and O–H groups in total. The van der Waals surface area contributed by atoms with Gasteiger partial charge in [0.1, 0.15) is 0 Å². The average molecular weight is 159 g/mol. The number of carbonyl (C=O) groups is 1. The Morgan fingerprint density at radius 1 is 1.36 bits per heavy atom. The molecule has 0 aliphatic rings. The first-order valence-electron chi connectivity index (χ1n) is 3.84. The molecule has 0 amide bonds. The van der Waals surface area contributed by atoms with Crippen LogP contribution in [0.5, 0.6) is 0 Å². The van der Waals surface area contributed by atoms with Gasteiger partial charge in [-0.2, -0.15) is 0 Å². The molecule has 0 bridgehead atoms. The molecule has 0 radical (unpaired) electrons. The quantitative estimate of drug-likeness (QED) is 0.619. The molecule has 0 heterocycles. The molecule has 0 aliphatic heterocycles. The Kier molecular flexibility index (Phi) is 4.11. The number of ether oxygens (including phenoxy) is 1. The van der Waals surface area contributed by atoms with Gasteiger partial charge in [0.05, 0.1) is 13.0 Å². The monoisotopic (exact) mass is 159 g/mol. The second-order valence-electron chi connectivity index (χ2n) is 3.03. The third-order valence-electron chi connectivity index (χ3n) is 2.19. The molecule has 3 unspecified atom stereocenters. The molecular formula is C8H17NO2.